The van der Waals surface area contributed by atoms with Crippen molar-refractivity contribution in [1.82, 2.24) is 10.3 Å². The van der Waals surface area contributed by atoms with Crippen LogP contribution in [-0.2, 0) is 6.42 Å². The number of thiazole rings is 1. The van der Waals surface area contributed by atoms with Gasteiger partial charge in [-0.1, -0.05) is 18.6 Å². The molecule has 1 aromatic rings. The van der Waals surface area contributed by atoms with E-state index in [1.165, 1.54) is 11.3 Å². The molecule has 0 spiro atoms. The topological polar surface area (TPSA) is 24.9 Å². The van der Waals surface area contributed by atoms with Crippen molar-refractivity contribution < 1.29 is 0 Å². The molecule has 0 bridgehead atoms. The second kappa shape index (κ2) is 6.03. The fraction of sp³-hybridized carbons (Fsp3) is 0.583. The monoisotopic (exact) mass is 224 g/mol. The molecule has 1 unspecified atom stereocenters. The zero-order valence-electron chi connectivity index (χ0n) is 10.0. The molecular formula is C12H20N2S. The van der Waals surface area contributed by atoms with Crippen LogP contribution in [0.4, 0.5) is 0 Å². The van der Waals surface area contributed by atoms with E-state index in [1.807, 2.05) is 0 Å². The third kappa shape index (κ3) is 4.58. The highest BCUT2D eigenvalue weighted by atomic mass is 32.1. The maximum absolute atomic E-state index is 4.49. The van der Waals surface area contributed by atoms with Gasteiger partial charge in [-0.25, -0.2) is 4.98 Å². The number of nitrogens with zero attached hydrogens (tertiary/aromatic N) is 1. The number of aryl methyl sites for hydroxylation is 1. The van der Waals surface area contributed by atoms with E-state index in [2.05, 4.69) is 49.5 Å². The van der Waals surface area contributed by atoms with Gasteiger partial charge in [-0.2, -0.15) is 0 Å². The summed E-state index contributed by atoms with van der Waals surface area (Å²) in [4.78, 5) is 4.49. The highest BCUT2D eigenvalue weighted by Crippen LogP contribution is 2.11. The van der Waals surface area contributed by atoms with Crippen molar-refractivity contribution in [3.8, 4) is 0 Å². The lowest BCUT2D eigenvalue weighted by Crippen LogP contribution is -2.29. The Morgan fingerprint density at radius 3 is 2.80 bits per heavy atom. The van der Waals surface area contributed by atoms with Crippen LogP contribution in [0.5, 0.6) is 0 Å². The molecule has 0 amide bonds. The van der Waals surface area contributed by atoms with Gasteiger partial charge in [-0.15, -0.1) is 11.3 Å². The minimum atomic E-state index is 0.418. The van der Waals surface area contributed by atoms with Gasteiger partial charge < -0.3 is 5.32 Å². The second-order valence-electron chi connectivity index (χ2n) is 3.97. The van der Waals surface area contributed by atoms with Crippen LogP contribution in [0.15, 0.2) is 17.0 Å². The number of hydrogen-bond acceptors (Lipinski definition) is 3. The normalized spacial score (nSPS) is 12.5. The van der Waals surface area contributed by atoms with E-state index < -0.39 is 0 Å². The predicted octanol–water partition coefficient (Wildman–Crippen LogP) is 2.94. The second-order valence-corrected chi connectivity index (χ2v) is 5.03. The Morgan fingerprint density at radius 2 is 2.33 bits per heavy atom. The molecule has 0 aliphatic rings. The molecule has 0 saturated carbocycles. The van der Waals surface area contributed by atoms with Gasteiger partial charge in [0.1, 0.15) is 0 Å². The summed E-state index contributed by atoms with van der Waals surface area (Å²) in [6.07, 6.45) is 3.27. The van der Waals surface area contributed by atoms with Crippen LogP contribution in [0.25, 0.3) is 0 Å². The lowest BCUT2D eigenvalue weighted by molar-refractivity contribution is 0.603. The SMILES string of the molecule is CCNC(C=C(C)C)Cc1csc(C)n1. The fourth-order valence-corrected chi connectivity index (χ4v) is 2.21. The first-order valence-electron chi connectivity index (χ1n) is 5.41. The lowest BCUT2D eigenvalue weighted by Gasteiger charge is -2.12. The Balaban J connectivity index is 2.62. The highest BCUT2D eigenvalue weighted by molar-refractivity contribution is 7.09. The molecule has 1 rings (SSSR count). The first-order chi connectivity index (χ1) is 7.11. The maximum atomic E-state index is 4.49. The Kier molecular flexibility index (Phi) is 4.99. The standard InChI is InChI=1S/C12H20N2S/c1-5-13-11(6-9(2)3)7-12-8-15-10(4)14-12/h6,8,11,13H,5,7H2,1-4H3. The van der Waals surface area contributed by atoms with Crippen molar-refractivity contribution in [1.29, 1.82) is 0 Å². The maximum Gasteiger partial charge on any atom is 0.0897 e. The molecule has 2 nitrogen and oxygen atoms in total. The molecular weight excluding hydrogens is 204 g/mol. The molecule has 1 atom stereocenters. The van der Waals surface area contributed by atoms with Gasteiger partial charge in [-0.05, 0) is 27.3 Å². The van der Waals surface area contributed by atoms with Crippen LogP contribution in [0.3, 0.4) is 0 Å². The van der Waals surface area contributed by atoms with Crippen molar-refractivity contribution in [3.63, 3.8) is 0 Å². The minimum absolute atomic E-state index is 0.418. The average molecular weight is 224 g/mol. The third-order valence-electron chi connectivity index (χ3n) is 2.10. The summed E-state index contributed by atoms with van der Waals surface area (Å²) < 4.78 is 0. The minimum Gasteiger partial charge on any atom is -0.310 e. The van der Waals surface area contributed by atoms with Crippen LogP contribution in [0.1, 0.15) is 31.5 Å². The summed E-state index contributed by atoms with van der Waals surface area (Å²) in [5.74, 6) is 0. The quantitative estimate of drug-likeness (QED) is 0.778. The van der Waals surface area contributed by atoms with Crippen molar-refractivity contribution in [2.45, 2.75) is 40.2 Å². The van der Waals surface area contributed by atoms with E-state index in [0.29, 0.717) is 6.04 Å². The average Bonchev–Trinajstić information content (AvgIpc) is 2.50. The zero-order valence-corrected chi connectivity index (χ0v) is 10.8. The number of hydrogen-bond donors (Lipinski definition) is 1. The first-order valence-corrected chi connectivity index (χ1v) is 6.29. The van der Waals surface area contributed by atoms with E-state index in [-0.39, 0.29) is 0 Å². The summed E-state index contributed by atoms with van der Waals surface area (Å²) >= 11 is 1.72. The molecule has 0 aliphatic heterocycles. The smallest absolute Gasteiger partial charge is 0.0897 e. The van der Waals surface area contributed by atoms with Crippen molar-refractivity contribution in [2.75, 3.05) is 6.54 Å². The fourth-order valence-electron chi connectivity index (χ4n) is 1.58. The van der Waals surface area contributed by atoms with E-state index in [1.54, 1.807) is 11.3 Å². The van der Waals surface area contributed by atoms with Gasteiger partial charge >= 0.3 is 0 Å². The molecule has 3 heteroatoms. The Labute approximate surface area is 96.4 Å². The van der Waals surface area contributed by atoms with Gasteiger partial charge in [0.2, 0.25) is 0 Å². The Hall–Kier alpha value is -0.670. The van der Waals surface area contributed by atoms with E-state index in [4.69, 9.17) is 0 Å². The van der Waals surface area contributed by atoms with Crippen LogP contribution in [0.2, 0.25) is 0 Å². The third-order valence-corrected chi connectivity index (χ3v) is 2.92. The largest absolute Gasteiger partial charge is 0.310 e. The first kappa shape index (κ1) is 12.4. The van der Waals surface area contributed by atoms with Gasteiger partial charge in [-0.3, -0.25) is 0 Å². The highest BCUT2D eigenvalue weighted by Gasteiger charge is 2.07. The number of likely N-dealkylation sites (N-methyl/N-ethyl adjacent to an activating group) is 1. The molecule has 0 aliphatic carbocycles. The van der Waals surface area contributed by atoms with Gasteiger partial charge in [0.25, 0.3) is 0 Å². The molecule has 0 fully saturated rings. The summed E-state index contributed by atoms with van der Waals surface area (Å²) in [6, 6.07) is 0.418. The number of allylic oxidation sites excluding steroid dienone is 1. The van der Waals surface area contributed by atoms with Crippen LogP contribution >= 0.6 is 11.3 Å². The predicted molar refractivity (Wildman–Crippen MR) is 67.5 cm³/mol. The molecule has 15 heavy (non-hydrogen) atoms. The Morgan fingerprint density at radius 1 is 1.60 bits per heavy atom. The molecule has 1 N–H and O–H groups in total. The molecule has 84 valence electrons. The molecule has 1 aromatic heterocycles. The Bertz CT molecular complexity index is 324. The van der Waals surface area contributed by atoms with Crippen molar-refractivity contribution in [2.24, 2.45) is 0 Å². The summed E-state index contributed by atoms with van der Waals surface area (Å²) in [5.41, 5.74) is 2.55. The lowest BCUT2D eigenvalue weighted by atomic mass is 10.1. The molecule has 0 aromatic carbocycles. The van der Waals surface area contributed by atoms with Crippen molar-refractivity contribution in [3.05, 3.63) is 27.7 Å². The van der Waals surface area contributed by atoms with Gasteiger partial charge in [0, 0.05) is 17.8 Å². The van der Waals surface area contributed by atoms with Gasteiger partial charge in [0.05, 0.1) is 10.7 Å². The van der Waals surface area contributed by atoms with Gasteiger partial charge in [0.15, 0.2) is 0 Å². The number of rotatable bonds is 5. The van der Waals surface area contributed by atoms with E-state index in [0.717, 1.165) is 18.0 Å². The molecule has 0 saturated heterocycles. The number of aromatic nitrogens is 1. The molecule has 0 radical (unpaired) electrons. The van der Waals surface area contributed by atoms with E-state index in [9.17, 15) is 0 Å². The summed E-state index contributed by atoms with van der Waals surface area (Å²) in [5, 5.41) is 6.76. The summed E-state index contributed by atoms with van der Waals surface area (Å²) in [7, 11) is 0. The van der Waals surface area contributed by atoms with Crippen LogP contribution in [0, 0.1) is 6.92 Å². The van der Waals surface area contributed by atoms with Crippen molar-refractivity contribution >= 4 is 11.3 Å². The number of nitrogens with one attached hydrogen (secondary N) is 1. The zero-order chi connectivity index (χ0) is 11.3. The summed E-state index contributed by atoms with van der Waals surface area (Å²) in [6.45, 7) is 9.46. The molecule has 1 heterocycles. The van der Waals surface area contributed by atoms with Crippen LogP contribution in [-0.4, -0.2) is 17.6 Å². The van der Waals surface area contributed by atoms with E-state index >= 15 is 0 Å². The van der Waals surface area contributed by atoms with Crippen LogP contribution < -0.4 is 5.32 Å².